The van der Waals surface area contributed by atoms with Gasteiger partial charge in [-0.2, -0.15) is 43.2 Å². The van der Waals surface area contributed by atoms with E-state index in [9.17, 15) is 35.9 Å². The second kappa shape index (κ2) is 15.8. The summed E-state index contributed by atoms with van der Waals surface area (Å²) in [6.07, 6.45) is -0.923. The molecule has 0 aliphatic heterocycles. The van der Waals surface area contributed by atoms with E-state index < -0.39 is 35.4 Å². The first kappa shape index (κ1) is 36.1. The topological polar surface area (TPSA) is 128 Å². The van der Waals surface area contributed by atoms with Crippen LogP contribution in [0.2, 0.25) is 0 Å². The number of halogens is 6. The number of ether oxygens (including phenoxy) is 1. The number of carbonyl (C=O) groups is 2. The molecule has 0 aliphatic rings. The number of thioether (sulfide) groups is 1. The number of rotatable bonds is 9. The fraction of sp³-hybridized carbons (Fsp3) is 0.345. The van der Waals surface area contributed by atoms with Crippen LogP contribution in [0.3, 0.4) is 0 Å². The first-order valence-corrected chi connectivity index (χ1v) is 15.2. The van der Waals surface area contributed by atoms with Crippen molar-refractivity contribution in [2.45, 2.75) is 45.5 Å². The smallest absolute Gasteiger partial charge is 0.383 e. The molecule has 3 N–H and O–H groups in total. The van der Waals surface area contributed by atoms with Gasteiger partial charge in [0.15, 0.2) is 0 Å². The van der Waals surface area contributed by atoms with E-state index >= 15 is 0 Å². The van der Waals surface area contributed by atoms with Crippen molar-refractivity contribution in [3.63, 3.8) is 0 Å². The summed E-state index contributed by atoms with van der Waals surface area (Å²) in [6.45, 7) is 1.64. The van der Waals surface area contributed by atoms with Gasteiger partial charge in [-0.25, -0.2) is 9.67 Å². The summed E-state index contributed by atoms with van der Waals surface area (Å²) in [5, 5.41) is 7.03. The van der Waals surface area contributed by atoms with Crippen LogP contribution in [0.25, 0.3) is 10.9 Å². The molecule has 4 aromatic rings. The van der Waals surface area contributed by atoms with Crippen molar-refractivity contribution in [3.05, 3.63) is 77.4 Å². The predicted molar refractivity (Wildman–Crippen MR) is 161 cm³/mol. The van der Waals surface area contributed by atoms with Gasteiger partial charge < -0.3 is 20.7 Å². The number of benzene rings is 1. The van der Waals surface area contributed by atoms with Crippen LogP contribution < -0.4 is 11.1 Å². The monoisotopic (exact) mass is 671 g/mol. The zero-order chi connectivity index (χ0) is 34.1. The van der Waals surface area contributed by atoms with Crippen LogP contribution in [0, 0.1) is 0 Å². The Bertz CT molecular complexity index is 1550. The lowest BCUT2D eigenvalue weighted by Gasteiger charge is -2.23. The molecule has 0 fully saturated rings. The number of fused-ring (bicyclic) bond motifs is 1. The number of aromatic nitrogens is 4. The lowest BCUT2D eigenvalue weighted by Crippen LogP contribution is -2.39. The fourth-order valence-corrected chi connectivity index (χ4v) is 4.05. The molecular weight excluding hydrogens is 640 g/mol. The van der Waals surface area contributed by atoms with Gasteiger partial charge in [-0.15, -0.1) is 0 Å². The van der Waals surface area contributed by atoms with Gasteiger partial charge in [0.1, 0.15) is 18.2 Å². The SMILES string of the molecule is CCCOCn1ncc2c(N)ncc(NC(=O)C(=O)N(Cc3ccc(C(F)(F)F)cc3)Cc3ccc(C(F)(F)F)nc3)c21.CSC. The van der Waals surface area contributed by atoms with E-state index in [2.05, 4.69) is 20.4 Å². The average Bonchev–Trinajstić information content (AvgIpc) is 3.43. The molecule has 46 heavy (non-hydrogen) atoms. The highest BCUT2D eigenvalue weighted by atomic mass is 32.2. The van der Waals surface area contributed by atoms with Gasteiger partial charge in [-0.1, -0.05) is 25.1 Å². The number of nitrogen functional groups attached to an aromatic ring is 1. The van der Waals surface area contributed by atoms with Gasteiger partial charge in [0.25, 0.3) is 0 Å². The van der Waals surface area contributed by atoms with E-state index in [1.165, 1.54) is 17.1 Å². The van der Waals surface area contributed by atoms with Gasteiger partial charge in [0, 0.05) is 25.9 Å². The van der Waals surface area contributed by atoms with Crippen molar-refractivity contribution in [2.75, 3.05) is 30.2 Å². The molecule has 0 saturated heterocycles. The van der Waals surface area contributed by atoms with Crippen molar-refractivity contribution in [3.8, 4) is 0 Å². The third-order valence-corrected chi connectivity index (χ3v) is 6.14. The highest BCUT2D eigenvalue weighted by Gasteiger charge is 2.33. The zero-order valence-corrected chi connectivity index (χ0v) is 25.8. The maximum atomic E-state index is 13.4. The Balaban J connectivity index is 0.00000185. The second-order valence-electron chi connectivity index (χ2n) is 9.77. The fourth-order valence-electron chi connectivity index (χ4n) is 4.05. The molecular formula is C29H31F6N7O3S. The van der Waals surface area contributed by atoms with Gasteiger partial charge in [-0.05, 0) is 48.3 Å². The molecule has 2 amide bonds. The van der Waals surface area contributed by atoms with Crippen LogP contribution in [0.15, 0.2) is 55.0 Å². The third-order valence-electron chi connectivity index (χ3n) is 6.14. The Kier molecular flexibility index (Phi) is 12.4. The van der Waals surface area contributed by atoms with Crippen molar-refractivity contribution >= 4 is 46.0 Å². The minimum absolute atomic E-state index is 0.0125. The molecule has 0 radical (unpaired) electrons. The number of nitrogens with two attached hydrogens (primary N) is 1. The normalized spacial score (nSPS) is 11.6. The highest BCUT2D eigenvalue weighted by Crippen LogP contribution is 2.30. The van der Waals surface area contributed by atoms with E-state index in [4.69, 9.17) is 10.5 Å². The summed E-state index contributed by atoms with van der Waals surface area (Å²) in [7, 11) is 0. The van der Waals surface area contributed by atoms with Crippen molar-refractivity contribution < 1.29 is 40.7 Å². The number of nitrogens with zero attached hydrogens (tertiary/aromatic N) is 5. The Morgan fingerprint density at radius 1 is 0.935 bits per heavy atom. The number of amides is 2. The molecule has 0 aliphatic carbocycles. The maximum Gasteiger partial charge on any atom is 0.433 e. The highest BCUT2D eigenvalue weighted by molar-refractivity contribution is 7.97. The van der Waals surface area contributed by atoms with Gasteiger partial charge >= 0.3 is 24.2 Å². The van der Waals surface area contributed by atoms with Crippen molar-refractivity contribution in [1.82, 2.24) is 24.6 Å². The Hall–Kier alpha value is -4.38. The standard InChI is InChI=1S/C27H25F6N7O3.C2H6S/c1-2-9-43-15-40-22-19(11-37-40)23(34)36-12-20(22)38-24(41)25(42)39(13-16-3-6-18(7-4-16)26(28,29)30)14-17-5-8-21(35-10-17)27(31,32)33;1-3-2/h3-8,10-12H,2,9,13-15H2,1H3,(H2,34,36)(H,38,41);1-2H3. The number of anilines is 2. The van der Waals surface area contributed by atoms with E-state index in [1.807, 2.05) is 19.4 Å². The van der Waals surface area contributed by atoms with Crippen molar-refractivity contribution in [2.24, 2.45) is 0 Å². The number of carbonyl (C=O) groups excluding carboxylic acids is 2. The number of nitrogens with one attached hydrogen (secondary N) is 1. The second-order valence-corrected chi connectivity index (χ2v) is 10.6. The van der Waals surface area contributed by atoms with E-state index in [0.29, 0.717) is 23.6 Å². The third kappa shape index (κ3) is 9.56. The molecule has 0 saturated carbocycles. The summed E-state index contributed by atoms with van der Waals surface area (Å²) in [6, 6.07) is 5.70. The molecule has 10 nitrogen and oxygen atoms in total. The summed E-state index contributed by atoms with van der Waals surface area (Å²) in [5.41, 5.74) is 4.64. The number of pyridine rings is 2. The Morgan fingerprint density at radius 3 is 2.13 bits per heavy atom. The molecule has 17 heteroatoms. The molecule has 0 spiro atoms. The Labute approximate surface area is 264 Å². The van der Waals surface area contributed by atoms with E-state index in [1.54, 1.807) is 11.8 Å². The number of hydrogen-bond donors (Lipinski definition) is 2. The lowest BCUT2D eigenvalue weighted by atomic mass is 10.1. The van der Waals surface area contributed by atoms with Crippen LogP contribution in [0.1, 0.15) is 35.7 Å². The zero-order valence-electron chi connectivity index (χ0n) is 24.9. The summed E-state index contributed by atoms with van der Waals surface area (Å²) < 4.78 is 84.9. The molecule has 4 rings (SSSR count). The number of hydrogen-bond acceptors (Lipinski definition) is 8. The maximum absolute atomic E-state index is 13.4. The average molecular weight is 672 g/mol. The van der Waals surface area contributed by atoms with E-state index in [-0.39, 0.29) is 42.5 Å². The minimum Gasteiger partial charge on any atom is -0.383 e. The minimum atomic E-state index is -4.69. The predicted octanol–water partition coefficient (Wildman–Crippen LogP) is 5.98. The quantitative estimate of drug-likeness (QED) is 0.127. The summed E-state index contributed by atoms with van der Waals surface area (Å²) >= 11 is 1.75. The molecule has 0 bridgehead atoms. The number of alkyl halides is 6. The van der Waals surface area contributed by atoms with Crippen LogP contribution in [-0.2, 0) is 46.5 Å². The molecule has 1 aromatic carbocycles. The largest absolute Gasteiger partial charge is 0.433 e. The van der Waals surface area contributed by atoms with Crippen LogP contribution in [0.4, 0.5) is 37.8 Å². The molecule has 248 valence electrons. The van der Waals surface area contributed by atoms with Crippen LogP contribution >= 0.6 is 11.8 Å². The van der Waals surface area contributed by atoms with Gasteiger partial charge in [-0.3, -0.25) is 14.6 Å². The van der Waals surface area contributed by atoms with Crippen LogP contribution in [0.5, 0.6) is 0 Å². The van der Waals surface area contributed by atoms with Gasteiger partial charge in [0.05, 0.1) is 34.5 Å². The molecule has 0 unspecified atom stereocenters. The lowest BCUT2D eigenvalue weighted by molar-refractivity contribution is -0.144. The van der Waals surface area contributed by atoms with Gasteiger partial charge in [0.2, 0.25) is 0 Å². The van der Waals surface area contributed by atoms with E-state index in [0.717, 1.165) is 47.8 Å². The van der Waals surface area contributed by atoms with Crippen LogP contribution in [-0.4, -0.2) is 55.6 Å². The first-order valence-electron chi connectivity index (χ1n) is 13.6. The molecule has 0 atom stereocenters. The van der Waals surface area contributed by atoms with Crippen molar-refractivity contribution in [1.29, 1.82) is 0 Å². The Morgan fingerprint density at radius 2 is 1.57 bits per heavy atom. The first-order chi connectivity index (χ1) is 21.7. The summed E-state index contributed by atoms with van der Waals surface area (Å²) in [4.78, 5) is 34.9. The molecule has 3 aromatic heterocycles. The summed E-state index contributed by atoms with van der Waals surface area (Å²) in [5.74, 6) is -2.17. The molecule has 3 heterocycles.